The Balaban J connectivity index is 2.14. The van der Waals surface area contributed by atoms with Gasteiger partial charge in [-0.1, -0.05) is 0 Å². The molecule has 0 radical (unpaired) electrons. The molecule has 0 saturated heterocycles. The molecular formula is C20H21FN4O3. The van der Waals surface area contributed by atoms with Crippen LogP contribution in [0.25, 0.3) is 16.6 Å². The molecule has 0 aliphatic rings. The van der Waals surface area contributed by atoms with Crippen molar-refractivity contribution in [3.8, 4) is 5.69 Å². The summed E-state index contributed by atoms with van der Waals surface area (Å²) in [6.45, 7) is 6.96. The number of aromatic nitrogens is 3. The molecule has 0 aliphatic heterocycles. The summed E-state index contributed by atoms with van der Waals surface area (Å²) >= 11 is 0. The number of nitrogens with one attached hydrogen (secondary N) is 1. The van der Waals surface area contributed by atoms with E-state index in [0.29, 0.717) is 11.2 Å². The Labute approximate surface area is 161 Å². The minimum absolute atomic E-state index is 0.136. The van der Waals surface area contributed by atoms with Gasteiger partial charge in [-0.3, -0.25) is 14.3 Å². The maximum atomic E-state index is 13.7. The number of alkyl carbamates (subject to hydrolysis) is 1. The van der Waals surface area contributed by atoms with Crippen LogP contribution in [0.1, 0.15) is 39.6 Å². The fourth-order valence-corrected chi connectivity index (χ4v) is 2.75. The van der Waals surface area contributed by atoms with E-state index in [1.807, 2.05) is 0 Å². The van der Waals surface area contributed by atoms with E-state index in [0.717, 1.165) is 6.07 Å². The van der Waals surface area contributed by atoms with Crippen molar-refractivity contribution in [1.29, 1.82) is 0 Å². The minimum atomic E-state index is -0.666. The Morgan fingerprint density at radius 3 is 2.68 bits per heavy atom. The lowest BCUT2D eigenvalue weighted by molar-refractivity contribution is 0.0505. The van der Waals surface area contributed by atoms with Crippen LogP contribution in [0.4, 0.5) is 9.18 Å². The van der Waals surface area contributed by atoms with Crippen LogP contribution < -0.4 is 10.9 Å². The van der Waals surface area contributed by atoms with Crippen molar-refractivity contribution in [3.05, 3.63) is 64.7 Å². The zero-order valence-electron chi connectivity index (χ0n) is 16.1. The van der Waals surface area contributed by atoms with Crippen molar-refractivity contribution in [3.63, 3.8) is 0 Å². The predicted molar refractivity (Wildman–Crippen MR) is 103 cm³/mol. The monoisotopic (exact) mass is 384 g/mol. The molecular weight excluding hydrogens is 363 g/mol. The lowest BCUT2D eigenvalue weighted by Gasteiger charge is -2.23. The van der Waals surface area contributed by atoms with Crippen LogP contribution in [0.5, 0.6) is 0 Å². The molecule has 3 rings (SSSR count). The van der Waals surface area contributed by atoms with Crippen molar-refractivity contribution in [2.45, 2.75) is 39.3 Å². The fraction of sp³-hybridized carbons (Fsp3) is 0.300. The summed E-state index contributed by atoms with van der Waals surface area (Å²) in [5, 5.41) is 2.82. The number of halogens is 1. The smallest absolute Gasteiger partial charge is 0.408 e. The van der Waals surface area contributed by atoms with Crippen LogP contribution in [0.3, 0.4) is 0 Å². The summed E-state index contributed by atoms with van der Waals surface area (Å²) in [5.74, 6) is -0.250. The van der Waals surface area contributed by atoms with Gasteiger partial charge in [0.05, 0.1) is 28.8 Å². The number of nitrogens with zero attached hydrogens (tertiary/aromatic N) is 3. The molecule has 7 nitrogen and oxygen atoms in total. The molecule has 1 atom stereocenters. The molecule has 28 heavy (non-hydrogen) atoms. The van der Waals surface area contributed by atoms with Crippen LogP contribution in [-0.4, -0.2) is 26.2 Å². The Morgan fingerprint density at radius 2 is 2.04 bits per heavy atom. The predicted octanol–water partition coefficient (Wildman–Crippen LogP) is 3.51. The van der Waals surface area contributed by atoms with Crippen LogP contribution in [0.15, 0.2) is 47.5 Å². The Hall–Kier alpha value is -3.29. The van der Waals surface area contributed by atoms with E-state index in [9.17, 15) is 14.0 Å². The first-order chi connectivity index (χ1) is 13.2. The topological polar surface area (TPSA) is 86.1 Å². The molecule has 2 aromatic heterocycles. The Bertz CT molecular complexity index is 1070. The van der Waals surface area contributed by atoms with E-state index in [4.69, 9.17) is 4.74 Å². The van der Waals surface area contributed by atoms with Gasteiger partial charge < -0.3 is 10.1 Å². The normalized spacial score (nSPS) is 12.6. The number of amides is 1. The van der Waals surface area contributed by atoms with Gasteiger partial charge in [-0.05, 0) is 58.0 Å². The molecule has 0 saturated carbocycles. The Kier molecular flexibility index (Phi) is 5.13. The van der Waals surface area contributed by atoms with E-state index < -0.39 is 29.1 Å². The highest BCUT2D eigenvalue weighted by molar-refractivity contribution is 5.78. The molecule has 1 aromatic carbocycles. The van der Waals surface area contributed by atoms with Gasteiger partial charge in [-0.15, -0.1) is 0 Å². The summed E-state index contributed by atoms with van der Waals surface area (Å²) in [6, 6.07) is 6.52. The number of fused-ring (bicyclic) bond motifs is 1. The van der Waals surface area contributed by atoms with Crippen molar-refractivity contribution >= 4 is 17.0 Å². The third kappa shape index (κ3) is 4.16. The summed E-state index contributed by atoms with van der Waals surface area (Å²) in [7, 11) is 0. The van der Waals surface area contributed by atoms with Gasteiger partial charge in [-0.2, -0.15) is 0 Å². The molecule has 146 valence electrons. The van der Waals surface area contributed by atoms with Gasteiger partial charge in [0, 0.05) is 6.20 Å². The lowest BCUT2D eigenvalue weighted by atomic mass is 10.2. The van der Waals surface area contributed by atoms with Crippen molar-refractivity contribution in [2.75, 3.05) is 0 Å². The van der Waals surface area contributed by atoms with Crippen LogP contribution >= 0.6 is 0 Å². The van der Waals surface area contributed by atoms with Gasteiger partial charge in [0.25, 0.3) is 5.56 Å². The highest BCUT2D eigenvalue weighted by atomic mass is 19.1. The maximum Gasteiger partial charge on any atom is 0.408 e. The number of carbonyl (C=O) groups is 1. The van der Waals surface area contributed by atoms with Crippen LogP contribution in [0.2, 0.25) is 0 Å². The number of benzene rings is 1. The van der Waals surface area contributed by atoms with Crippen molar-refractivity contribution in [2.24, 2.45) is 0 Å². The lowest BCUT2D eigenvalue weighted by Crippen LogP contribution is -2.36. The van der Waals surface area contributed by atoms with Gasteiger partial charge in [0.1, 0.15) is 17.2 Å². The fourth-order valence-electron chi connectivity index (χ4n) is 2.75. The maximum absolute atomic E-state index is 13.7. The minimum Gasteiger partial charge on any atom is -0.444 e. The first-order valence-corrected chi connectivity index (χ1v) is 8.78. The molecule has 1 amide bonds. The van der Waals surface area contributed by atoms with Crippen molar-refractivity contribution < 1.29 is 13.9 Å². The second-order valence-corrected chi connectivity index (χ2v) is 7.35. The van der Waals surface area contributed by atoms with Crippen LogP contribution in [-0.2, 0) is 4.74 Å². The van der Waals surface area contributed by atoms with E-state index >= 15 is 0 Å². The van der Waals surface area contributed by atoms with Gasteiger partial charge in [0.2, 0.25) is 0 Å². The van der Waals surface area contributed by atoms with Crippen molar-refractivity contribution in [1.82, 2.24) is 19.9 Å². The third-order valence-electron chi connectivity index (χ3n) is 3.88. The zero-order valence-corrected chi connectivity index (χ0v) is 16.1. The van der Waals surface area contributed by atoms with Gasteiger partial charge >= 0.3 is 6.09 Å². The summed E-state index contributed by atoms with van der Waals surface area (Å²) in [6.07, 6.45) is 2.44. The average molecular weight is 384 g/mol. The number of ether oxygens (including phenoxy) is 1. The van der Waals surface area contributed by atoms with Gasteiger partial charge in [-0.25, -0.2) is 14.2 Å². The number of hydrogen-bond acceptors (Lipinski definition) is 5. The molecule has 8 heteroatoms. The molecule has 0 bridgehead atoms. The number of hydrogen-bond donors (Lipinski definition) is 1. The summed E-state index contributed by atoms with van der Waals surface area (Å²) < 4.78 is 20.3. The summed E-state index contributed by atoms with van der Waals surface area (Å²) in [4.78, 5) is 33.8. The molecule has 1 N–H and O–H groups in total. The standard InChI is InChI=1S/C20H21FN4O3/c1-12(23-19(27)28-20(2,3)4)17-24-16-8-7-13(21)10-15(16)18(26)25(17)14-6-5-9-22-11-14/h5-12H,1-4H3,(H,23,27). The molecule has 1 unspecified atom stereocenters. The molecule has 3 aromatic rings. The first-order valence-electron chi connectivity index (χ1n) is 8.78. The Morgan fingerprint density at radius 1 is 1.29 bits per heavy atom. The molecule has 0 fully saturated rings. The molecule has 0 aliphatic carbocycles. The first kappa shape index (κ1) is 19.5. The zero-order chi connectivity index (χ0) is 20.5. The second kappa shape index (κ2) is 7.38. The molecule has 2 heterocycles. The quantitative estimate of drug-likeness (QED) is 0.747. The number of rotatable bonds is 3. The largest absolute Gasteiger partial charge is 0.444 e. The molecule has 0 spiro atoms. The van der Waals surface area contributed by atoms with E-state index in [1.54, 1.807) is 46.0 Å². The third-order valence-corrected chi connectivity index (χ3v) is 3.88. The average Bonchev–Trinajstić information content (AvgIpc) is 2.61. The van der Waals surface area contributed by atoms with E-state index in [2.05, 4.69) is 15.3 Å². The second-order valence-electron chi connectivity index (χ2n) is 7.35. The van der Waals surface area contributed by atoms with E-state index in [1.165, 1.54) is 22.9 Å². The number of carbonyl (C=O) groups excluding carboxylic acids is 1. The van der Waals surface area contributed by atoms with E-state index in [-0.39, 0.29) is 11.2 Å². The summed E-state index contributed by atoms with van der Waals surface area (Å²) in [5.41, 5.74) is -0.329. The highest BCUT2D eigenvalue weighted by Gasteiger charge is 2.23. The van der Waals surface area contributed by atoms with Gasteiger partial charge in [0.15, 0.2) is 0 Å². The SMILES string of the molecule is CC(NC(=O)OC(C)(C)C)c1nc2ccc(F)cc2c(=O)n1-c1cccnc1. The highest BCUT2D eigenvalue weighted by Crippen LogP contribution is 2.19. The number of pyridine rings is 1. The van der Waals surface area contributed by atoms with Crippen LogP contribution in [0, 0.1) is 5.82 Å².